The average molecular weight is 250 g/mol. The van der Waals surface area contributed by atoms with Gasteiger partial charge in [-0.2, -0.15) is 0 Å². The van der Waals surface area contributed by atoms with Crippen molar-refractivity contribution < 1.29 is 19.1 Å². The Bertz CT molecular complexity index is 558. The van der Waals surface area contributed by atoms with Gasteiger partial charge in [-0.05, 0) is 12.1 Å². The van der Waals surface area contributed by atoms with Gasteiger partial charge in [0.1, 0.15) is 5.82 Å². The Labute approximate surface area is 103 Å². The maximum Gasteiger partial charge on any atom is 0.337 e. The number of amides is 1. The smallest absolute Gasteiger partial charge is 0.337 e. The van der Waals surface area contributed by atoms with Crippen molar-refractivity contribution in [3.05, 3.63) is 29.1 Å². The summed E-state index contributed by atoms with van der Waals surface area (Å²) in [5.74, 6) is 2.76. The van der Waals surface area contributed by atoms with Crippen LogP contribution in [0, 0.1) is 17.7 Å². The van der Waals surface area contributed by atoms with Crippen molar-refractivity contribution in [1.82, 2.24) is 5.32 Å². The second-order valence-electron chi connectivity index (χ2n) is 3.43. The first-order valence-corrected chi connectivity index (χ1v) is 4.97. The number of nitrogens with two attached hydrogens (primary N) is 1. The molecule has 0 fully saturated rings. The number of hydrogen-bond acceptors (Lipinski definition) is 3. The highest BCUT2D eigenvalue weighted by molar-refractivity contribution is 5.95. The average Bonchev–Trinajstić information content (AvgIpc) is 2.27. The van der Waals surface area contributed by atoms with Crippen LogP contribution in [0.15, 0.2) is 12.1 Å². The van der Waals surface area contributed by atoms with Crippen LogP contribution in [0.4, 0.5) is 10.1 Å². The fourth-order valence-corrected chi connectivity index (χ4v) is 1.21. The Morgan fingerprint density at radius 3 is 2.72 bits per heavy atom. The van der Waals surface area contributed by atoms with Crippen LogP contribution in [0.25, 0.3) is 0 Å². The molecule has 94 valence electrons. The topological polar surface area (TPSA) is 92.4 Å². The molecule has 0 aliphatic rings. The Kier molecular flexibility index (Phi) is 4.27. The molecule has 4 N–H and O–H groups in total. The van der Waals surface area contributed by atoms with E-state index in [-0.39, 0.29) is 29.3 Å². The SMILES string of the molecule is CC(=O)NCC#Cc1cc(F)cc(C(=O)O)c1N. The fourth-order valence-electron chi connectivity index (χ4n) is 1.21. The summed E-state index contributed by atoms with van der Waals surface area (Å²) in [6.07, 6.45) is 0. The molecule has 5 nitrogen and oxygen atoms in total. The van der Waals surface area contributed by atoms with Gasteiger partial charge in [0.2, 0.25) is 5.91 Å². The first-order chi connectivity index (χ1) is 8.41. The van der Waals surface area contributed by atoms with Crippen LogP contribution in [0.1, 0.15) is 22.8 Å². The molecular formula is C12H11FN2O3. The van der Waals surface area contributed by atoms with Gasteiger partial charge in [0.15, 0.2) is 0 Å². The number of nitrogens with one attached hydrogen (secondary N) is 1. The number of carbonyl (C=O) groups is 2. The van der Waals surface area contributed by atoms with E-state index in [1.54, 1.807) is 0 Å². The summed E-state index contributed by atoms with van der Waals surface area (Å²) in [7, 11) is 0. The van der Waals surface area contributed by atoms with Gasteiger partial charge in [0.25, 0.3) is 0 Å². The third kappa shape index (κ3) is 3.49. The molecule has 1 amide bonds. The number of carboxylic acid groups (broad SMARTS) is 1. The molecule has 0 radical (unpaired) electrons. The molecule has 0 saturated carbocycles. The van der Waals surface area contributed by atoms with E-state index >= 15 is 0 Å². The number of benzene rings is 1. The number of aromatic carboxylic acids is 1. The summed E-state index contributed by atoms with van der Waals surface area (Å²) in [5.41, 5.74) is 5.21. The predicted molar refractivity (Wildman–Crippen MR) is 63.3 cm³/mol. The van der Waals surface area contributed by atoms with Crippen molar-refractivity contribution in [2.45, 2.75) is 6.92 Å². The van der Waals surface area contributed by atoms with Gasteiger partial charge in [-0.3, -0.25) is 4.79 Å². The van der Waals surface area contributed by atoms with Gasteiger partial charge in [0.05, 0.1) is 23.4 Å². The Hall–Kier alpha value is -2.55. The Balaban J connectivity index is 3.02. The lowest BCUT2D eigenvalue weighted by atomic mass is 10.1. The van der Waals surface area contributed by atoms with E-state index in [4.69, 9.17) is 10.8 Å². The third-order valence-electron chi connectivity index (χ3n) is 2.02. The highest BCUT2D eigenvalue weighted by Gasteiger charge is 2.12. The molecule has 18 heavy (non-hydrogen) atoms. The van der Waals surface area contributed by atoms with Crippen LogP contribution >= 0.6 is 0 Å². The molecule has 6 heteroatoms. The highest BCUT2D eigenvalue weighted by atomic mass is 19.1. The molecule has 0 unspecified atom stereocenters. The summed E-state index contributed by atoms with van der Waals surface area (Å²) in [5, 5.41) is 11.2. The zero-order valence-corrected chi connectivity index (χ0v) is 9.58. The summed E-state index contributed by atoms with van der Waals surface area (Å²) < 4.78 is 13.1. The molecule has 0 spiro atoms. The first kappa shape index (κ1) is 13.5. The molecule has 1 rings (SSSR count). The van der Waals surface area contributed by atoms with Crippen molar-refractivity contribution in [2.24, 2.45) is 0 Å². The number of carbonyl (C=O) groups excluding carboxylic acids is 1. The molecule has 0 aromatic heterocycles. The molecule has 0 aliphatic heterocycles. The maximum absolute atomic E-state index is 13.1. The number of hydrogen-bond donors (Lipinski definition) is 3. The van der Waals surface area contributed by atoms with Crippen LogP contribution in [-0.4, -0.2) is 23.5 Å². The maximum atomic E-state index is 13.1. The second-order valence-corrected chi connectivity index (χ2v) is 3.43. The van der Waals surface area contributed by atoms with Crippen LogP contribution in [0.3, 0.4) is 0 Å². The molecular weight excluding hydrogens is 239 g/mol. The standard InChI is InChI=1S/C12H11FN2O3/c1-7(16)15-4-2-3-8-5-9(13)6-10(11(8)14)12(17)18/h5-6H,4,14H2,1H3,(H,15,16)(H,17,18). The van der Waals surface area contributed by atoms with E-state index < -0.39 is 11.8 Å². The van der Waals surface area contributed by atoms with Crippen LogP contribution in [0.5, 0.6) is 0 Å². The van der Waals surface area contributed by atoms with Gasteiger partial charge in [0, 0.05) is 6.92 Å². The van der Waals surface area contributed by atoms with Gasteiger partial charge in [-0.25, -0.2) is 9.18 Å². The minimum Gasteiger partial charge on any atom is -0.478 e. The zero-order valence-electron chi connectivity index (χ0n) is 9.58. The largest absolute Gasteiger partial charge is 0.478 e. The van der Waals surface area contributed by atoms with Crippen LogP contribution < -0.4 is 11.1 Å². The van der Waals surface area contributed by atoms with E-state index in [1.165, 1.54) is 6.92 Å². The highest BCUT2D eigenvalue weighted by Crippen LogP contribution is 2.18. The first-order valence-electron chi connectivity index (χ1n) is 4.97. The normalized spacial score (nSPS) is 9.22. The lowest BCUT2D eigenvalue weighted by Gasteiger charge is -2.03. The van der Waals surface area contributed by atoms with Gasteiger partial charge >= 0.3 is 5.97 Å². The molecule has 0 bridgehead atoms. The lowest BCUT2D eigenvalue weighted by molar-refractivity contribution is -0.118. The number of nitrogen functional groups attached to an aromatic ring is 1. The minimum absolute atomic E-state index is 0.0771. The van der Waals surface area contributed by atoms with Crippen molar-refractivity contribution in [3.63, 3.8) is 0 Å². The summed E-state index contributed by atoms with van der Waals surface area (Å²) in [6.45, 7) is 1.41. The second kappa shape index (κ2) is 5.68. The molecule has 1 aromatic carbocycles. The molecule has 0 saturated heterocycles. The summed E-state index contributed by atoms with van der Waals surface area (Å²) >= 11 is 0. The van der Waals surface area contributed by atoms with Crippen LogP contribution in [-0.2, 0) is 4.79 Å². The molecule has 0 heterocycles. The predicted octanol–water partition coefficient (Wildman–Crippen LogP) is 0.594. The Morgan fingerprint density at radius 1 is 1.50 bits per heavy atom. The number of carboxylic acids is 1. The van der Waals surface area contributed by atoms with E-state index in [1.807, 2.05) is 0 Å². The number of rotatable bonds is 2. The van der Waals surface area contributed by atoms with Gasteiger partial charge in [-0.1, -0.05) is 11.8 Å². The quantitative estimate of drug-likeness (QED) is 0.529. The van der Waals surface area contributed by atoms with Gasteiger partial charge < -0.3 is 16.2 Å². The van der Waals surface area contributed by atoms with Crippen molar-refractivity contribution >= 4 is 17.6 Å². The lowest BCUT2D eigenvalue weighted by Crippen LogP contribution is -2.19. The van der Waals surface area contributed by atoms with E-state index in [2.05, 4.69) is 17.2 Å². The van der Waals surface area contributed by atoms with Gasteiger partial charge in [-0.15, -0.1) is 0 Å². The monoisotopic (exact) mass is 250 g/mol. The number of anilines is 1. The Morgan fingerprint density at radius 2 is 2.17 bits per heavy atom. The van der Waals surface area contributed by atoms with Crippen molar-refractivity contribution in [3.8, 4) is 11.8 Å². The van der Waals surface area contributed by atoms with Crippen molar-refractivity contribution in [2.75, 3.05) is 12.3 Å². The zero-order chi connectivity index (χ0) is 13.7. The van der Waals surface area contributed by atoms with Crippen molar-refractivity contribution in [1.29, 1.82) is 0 Å². The fraction of sp³-hybridized carbons (Fsp3) is 0.167. The van der Waals surface area contributed by atoms with E-state index in [9.17, 15) is 14.0 Å². The minimum atomic E-state index is -1.32. The summed E-state index contributed by atoms with van der Waals surface area (Å²) in [6, 6.07) is 1.87. The number of halogens is 1. The summed E-state index contributed by atoms with van der Waals surface area (Å²) in [4.78, 5) is 21.4. The molecule has 0 atom stereocenters. The molecule has 0 aliphatic carbocycles. The van der Waals surface area contributed by atoms with E-state index in [0.29, 0.717) is 0 Å². The van der Waals surface area contributed by atoms with E-state index in [0.717, 1.165) is 12.1 Å². The third-order valence-corrected chi connectivity index (χ3v) is 2.02. The van der Waals surface area contributed by atoms with Crippen LogP contribution in [0.2, 0.25) is 0 Å². The molecule has 1 aromatic rings.